The fourth-order valence-electron chi connectivity index (χ4n) is 2.43. The molecule has 1 N–H and O–H groups in total. The van der Waals surface area contributed by atoms with Gasteiger partial charge in [0.25, 0.3) is 0 Å². The Kier molecular flexibility index (Phi) is 3.76. The highest BCUT2D eigenvalue weighted by molar-refractivity contribution is 5.81. The zero-order chi connectivity index (χ0) is 13.3. The molecule has 2 aromatic rings. The Hall–Kier alpha value is -1.28. The van der Waals surface area contributed by atoms with Crippen molar-refractivity contribution in [1.29, 1.82) is 0 Å². The second kappa shape index (κ2) is 5.15. The standard InChI is InChI=1S/C16H23NO/c1-10(2)12(4)15(17-5)14-9-13-8-6-7-11(3)16(13)18-14/h6-10,12,15,17H,1-5H3. The number of fused-ring (bicyclic) bond motifs is 1. The van der Waals surface area contributed by atoms with E-state index >= 15 is 0 Å². The molecule has 2 nitrogen and oxygen atoms in total. The predicted molar refractivity (Wildman–Crippen MR) is 76.8 cm³/mol. The summed E-state index contributed by atoms with van der Waals surface area (Å²) in [6.45, 7) is 8.87. The lowest BCUT2D eigenvalue weighted by Gasteiger charge is -2.24. The molecule has 0 amide bonds. The van der Waals surface area contributed by atoms with Gasteiger partial charge in [-0.3, -0.25) is 0 Å². The van der Waals surface area contributed by atoms with Gasteiger partial charge in [-0.15, -0.1) is 0 Å². The Bertz CT molecular complexity index is 527. The lowest BCUT2D eigenvalue weighted by Crippen LogP contribution is -2.26. The molecule has 0 aliphatic heterocycles. The van der Waals surface area contributed by atoms with Crippen molar-refractivity contribution in [2.45, 2.75) is 33.7 Å². The van der Waals surface area contributed by atoms with Crippen LogP contribution in [-0.2, 0) is 0 Å². The van der Waals surface area contributed by atoms with Gasteiger partial charge < -0.3 is 9.73 Å². The summed E-state index contributed by atoms with van der Waals surface area (Å²) in [5, 5.41) is 4.58. The fraction of sp³-hybridized carbons (Fsp3) is 0.500. The average Bonchev–Trinajstić information content (AvgIpc) is 2.75. The Morgan fingerprint density at radius 2 is 1.89 bits per heavy atom. The molecule has 0 aliphatic rings. The quantitative estimate of drug-likeness (QED) is 0.869. The van der Waals surface area contributed by atoms with Crippen LogP contribution in [0.25, 0.3) is 11.0 Å². The first kappa shape index (κ1) is 13.2. The van der Waals surface area contributed by atoms with E-state index in [-0.39, 0.29) is 6.04 Å². The summed E-state index contributed by atoms with van der Waals surface area (Å²) in [7, 11) is 2.00. The van der Waals surface area contributed by atoms with Crippen LogP contribution >= 0.6 is 0 Å². The molecular weight excluding hydrogens is 222 g/mol. The van der Waals surface area contributed by atoms with Crippen molar-refractivity contribution in [3.63, 3.8) is 0 Å². The number of hydrogen-bond donors (Lipinski definition) is 1. The highest BCUT2D eigenvalue weighted by Crippen LogP contribution is 2.32. The summed E-state index contributed by atoms with van der Waals surface area (Å²) in [4.78, 5) is 0. The first-order chi connectivity index (χ1) is 8.54. The molecule has 2 heteroatoms. The number of aryl methyl sites for hydroxylation is 1. The normalized spacial score (nSPS) is 15.2. The second-order valence-corrected chi connectivity index (χ2v) is 5.51. The zero-order valence-corrected chi connectivity index (χ0v) is 11.9. The Morgan fingerprint density at radius 1 is 1.17 bits per heavy atom. The minimum Gasteiger partial charge on any atom is -0.459 e. The topological polar surface area (TPSA) is 25.2 Å². The monoisotopic (exact) mass is 245 g/mol. The van der Waals surface area contributed by atoms with Gasteiger partial charge in [-0.05, 0) is 37.4 Å². The maximum atomic E-state index is 6.06. The van der Waals surface area contributed by atoms with Crippen LogP contribution < -0.4 is 5.32 Å². The van der Waals surface area contributed by atoms with E-state index in [9.17, 15) is 0 Å². The van der Waals surface area contributed by atoms with Gasteiger partial charge in [0.1, 0.15) is 11.3 Å². The predicted octanol–water partition coefficient (Wildman–Crippen LogP) is 4.29. The number of rotatable bonds is 4. The molecule has 2 unspecified atom stereocenters. The highest BCUT2D eigenvalue weighted by Gasteiger charge is 2.23. The molecule has 0 aliphatic carbocycles. The molecule has 1 aromatic carbocycles. The van der Waals surface area contributed by atoms with Crippen molar-refractivity contribution in [2.24, 2.45) is 11.8 Å². The highest BCUT2D eigenvalue weighted by atomic mass is 16.3. The molecule has 0 bridgehead atoms. The van der Waals surface area contributed by atoms with Crippen LogP contribution in [-0.4, -0.2) is 7.05 Å². The van der Waals surface area contributed by atoms with E-state index in [0.29, 0.717) is 11.8 Å². The number of furan rings is 1. The van der Waals surface area contributed by atoms with Crippen LogP contribution in [0, 0.1) is 18.8 Å². The number of para-hydroxylation sites is 1. The van der Waals surface area contributed by atoms with Gasteiger partial charge in [-0.25, -0.2) is 0 Å². The van der Waals surface area contributed by atoms with E-state index < -0.39 is 0 Å². The molecule has 2 atom stereocenters. The molecule has 0 radical (unpaired) electrons. The molecule has 0 fully saturated rings. The Labute approximate surface area is 109 Å². The van der Waals surface area contributed by atoms with E-state index in [0.717, 1.165) is 11.3 Å². The minimum absolute atomic E-state index is 0.275. The first-order valence-corrected chi connectivity index (χ1v) is 6.71. The van der Waals surface area contributed by atoms with Gasteiger partial charge in [0.05, 0.1) is 6.04 Å². The minimum atomic E-state index is 0.275. The smallest absolute Gasteiger partial charge is 0.137 e. The largest absolute Gasteiger partial charge is 0.459 e. The van der Waals surface area contributed by atoms with Crippen LogP contribution in [0.3, 0.4) is 0 Å². The lowest BCUT2D eigenvalue weighted by atomic mass is 9.89. The van der Waals surface area contributed by atoms with Gasteiger partial charge in [-0.1, -0.05) is 39.0 Å². The van der Waals surface area contributed by atoms with Crippen molar-refractivity contribution >= 4 is 11.0 Å². The molecular formula is C16H23NO. The van der Waals surface area contributed by atoms with Crippen LogP contribution in [0.1, 0.15) is 38.1 Å². The summed E-state index contributed by atoms with van der Waals surface area (Å²) >= 11 is 0. The maximum absolute atomic E-state index is 6.06. The molecule has 1 heterocycles. The van der Waals surface area contributed by atoms with E-state index in [4.69, 9.17) is 4.42 Å². The molecule has 0 saturated heterocycles. The molecule has 2 rings (SSSR count). The van der Waals surface area contributed by atoms with Crippen molar-refractivity contribution in [2.75, 3.05) is 7.05 Å². The zero-order valence-electron chi connectivity index (χ0n) is 11.9. The van der Waals surface area contributed by atoms with Crippen molar-refractivity contribution in [3.8, 4) is 0 Å². The third-order valence-electron chi connectivity index (χ3n) is 3.95. The number of hydrogen-bond acceptors (Lipinski definition) is 2. The van der Waals surface area contributed by atoms with Crippen molar-refractivity contribution < 1.29 is 4.42 Å². The average molecular weight is 245 g/mol. The van der Waals surface area contributed by atoms with Crippen LogP contribution in [0.2, 0.25) is 0 Å². The van der Waals surface area contributed by atoms with E-state index in [1.54, 1.807) is 0 Å². The molecule has 18 heavy (non-hydrogen) atoms. The molecule has 0 spiro atoms. The van der Waals surface area contributed by atoms with Crippen molar-refractivity contribution in [1.82, 2.24) is 5.32 Å². The van der Waals surface area contributed by atoms with E-state index in [1.165, 1.54) is 10.9 Å². The van der Waals surface area contributed by atoms with E-state index in [1.807, 2.05) is 7.05 Å². The maximum Gasteiger partial charge on any atom is 0.137 e. The van der Waals surface area contributed by atoms with Crippen LogP contribution in [0.15, 0.2) is 28.7 Å². The van der Waals surface area contributed by atoms with Gasteiger partial charge in [0.15, 0.2) is 0 Å². The van der Waals surface area contributed by atoms with Gasteiger partial charge in [-0.2, -0.15) is 0 Å². The number of nitrogens with one attached hydrogen (secondary N) is 1. The summed E-state index contributed by atoms with van der Waals surface area (Å²) in [5.74, 6) is 2.20. The fourth-order valence-corrected chi connectivity index (χ4v) is 2.43. The van der Waals surface area contributed by atoms with E-state index in [2.05, 4.69) is 57.3 Å². The summed E-state index contributed by atoms with van der Waals surface area (Å²) in [6, 6.07) is 8.73. The van der Waals surface area contributed by atoms with Crippen molar-refractivity contribution in [3.05, 3.63) is 35.6 Å². The van der Waals surface area contributed by atoms with Crippen LogP contribution in [0.4, 0.5) is 0 Å². The van der Waals surface area contributed by atoms with Crippen LogP contribution in [0.5, 0.6) is 0 Å². The molecule has 0 saturated carbocycles. The van der Waals surface area contributed by atoms with Gasteiger partial charge >= 0.3 is 0 Å². The summed E-state index contributed by atoms with van der Waals surface area (Å²) in [6.07, 6.45) is 0. The Balaban J connectivity index is 2.43. The van der Waals surface area contributed by atoms with Gasteiger partial charge in [0.2, 0.25) is 0 Å². The summed E-state index contributed by atoms with van der Waals surface area (Å²) < 4.78 is 6.06. The Morgan fingerprint density at radius 3 is 2.44 bits per heavy atom. The number of benzene rings is 1. The third kappa shape index (κ3) is 2.30. The second-order valence-electron chi connectivity index (χ2n) is 5.51. The summed E-state index contributed by atoms with van der Waals surface area (Å²) in [5.41, 5.74) is 2.22. The first-order valence-electron chi connectivity index (χ1n) is 6.71. The third-order valence-corrected chi connectivity index (χ3v) is 3.95. The molecule has 98 valence electrons. The lowest BCUT2D eigenvalue weighted by molar-refractivity contribution is 0.284. The SMILES string of the molecule is CNC(c1cc2cccc(C)c2o1)C(C)C(C)C. The molecule has 1 aromatic heterocycles. The van der Waals surface area contributed by atoms with Gasteiger partial charge in [0, 0.05) is 5.39 Å².